The van der Waals surface area contributed by atoms with Gasteiger partial charge in [0.1, 0.15) is 0 Å². The average molecular weight is 454 g/mol. The van der Waals surface area contributed by atoms with Crippen LogP contribution < -0.4 is 5.32 Å². The second-order valence-corrected chi connectivity index (χ2v) is 9.73. The standard InChI is InChI=1S/C21H19Cl3N2OS/c1-21(2,3)18-16(11-12-7-9-13(22)10-8-12)28-20(25-18)26-19(27)17-14(23)5-4-6-15(17)24/h4-10H,11H2,1-3H3,(H,25,26,27). The summed E-state index contributed by atoms with van der Waals surface area (Å²) in [5.41, 5.74) is 2.17. The van der Waals surface area contributed by atoms with E-state index in [2.05, 4.69) is 26.1 Å². The number of nitrogens with one attached hydrogen (secondary N) is 1. The Bertz CT molecular complexity index is 987. The van der Waals surface area contributed by atoms with Gasteiger partial charge in [0.2, 0.25) is 0 Å². The lowest BCUT2D eigenvalue weighted by Gasteiger charge is -2.17. The molecule has 1 N–H and O–H groups in total. The molecule has 0 spiro atoms. The molecular formula is C21H19Cl3N2OS. The number of rotatable bonds is 4. The van der Waals surface area contributed by atoms with E-state index >= 15 is 0 Å². The number of carbonyl (C=O) groups excluding carboxylic acids is 1. The number of halogens is 3. The lowest BCUT2D eigenvalue weighted by molar-refractivity contribution is 0.102. The number of thiazole rings is 1. The molecule has 28 heavy (non-hydrogen) atoms. The van der Waals surface area contributed by atoms with Crippen LogP contribution in [0.5, 0.6) is 0 Å². The van der Waals surface area contributed by atoms with Crippen LogP contribution in [-0.2, 0) is 11.8 Å². The first-order chi connectivity index (χ1) is 13.1. The number of aromatic nitrogens is 1. The molecular weight excluding hydrogens is 435 g/mol. The molecule has 0 saturated carbocycles. The highest BCUT2D eigenvalue weighted by Crippen LogP contribution is 2.34. The van der Waals surface area contributed by atoms with Crippen molar-refractivity contribution in [3.63, 3.8) is 0 Å². The highest BCUT2D eigenvalue weighted by Gasteiger charge is 2.25. The summed E-state index contributed by atoms with van der Waals surface area (Å²) in [4.78, 5) is 18.5. The van der Waals surface area contributed by atoms with E-state index in [0.717, 1.165) is 16.1 Å². The molecule has 0 aliphatic rings. The summed E-state index contributed by atoms with van der Waals surface area (Å²) in [6, 6.07) is 12.7. The van der Waals surface area contributed by atoms with Crippen LogP contribution in [0.3, 0.4) is 0 Å². The first-order valence-corrected chi connectivity index (χ1v) is 10.6. The third-order valence-corrected chi connectivity index (χ3v) is 5.95. The van der Waals surface area contributed by atoms with Crippen LogP contribution in [0, 0.1) is 0 Å². The Kier molecular flexibility index (Phi) is 6.35. The largest absolute Gasteiger partial charge is 0.298 e. The number of anilines is 1. The molecule has 3 rings (SSSR count). The zero-order valence-corrected chi connectivity index (χ0v) is 18.7. The minimum absolute atomic E-state index is 0.163. The Balaban J connectivity index is 1.91. The van der Waals surface area contributed by atoms with E-state index in [1.165, 1.54) is 11.3 Å². The molecule has 0 bridgehead atoms. The van der Waals surface area contributed by atoms with Crippen LogP contribution in [0.15, 0.2) is 42.5 Å². The molecule has 7 heteroatoms. The Morgan fingerprint density at radius 1 is 1.04 bits per heavy atom. The second kappa shape index (κ2) is 8.42. The molecule has 0 radical (unpaired) electrons. The molecule has 3 aromatic rings. The van der Waals surface area contributed by atoms with Gasteiger partial charge in [-0.2, -0.15) is 0 Å². The van der Waals surface area contributed by atoms with E-state index < -0.39 is 0 Å². The molecule has 3 nitrogen and oxygen atoms in total. The molecule has 1 aromatic heterocycles. The van der Waals surface area contributed by atoms with E-state index in [1.54, 1.807) is 18.2 Å². The van der Waals surface area contributed by atoms with Crippen molar-refractivity contribution in [1.82, 2.24) is 4.98 Å². The van der Waals surface area contributed by atoms with E-state index in [0.29, 0.717) is 26.6 Å². The van der Waals surface area contributed by atoms with Gasteiger partial charge >= 0.3 is 0 Å². The number of hydrogen-bond acceptors (Lipinski definition) is 3. The Morgan fingerprint density at radius 3 is 2.21 bits per heavy atom. The highest BCUT2D eigenvalue weighted by molar-refractivity contribution is 7.16. The predicted molar refractivity (Wildman–Crippen MR) is 119 cm³/mol. The molecule has 1 heterocycles. The molecule has 0 saturated heterocycles. The summed E-state index contributed by atoms with van der Waals surface area (Å²) in [6.45, 7) is 6.30. The second-order valence-electron chi connectivity index (χ2n) is 7.39. The maximum atomic E-state index is 12.7. The summed E-state index contributed by atoms with van der Waals surface area (Å²) in [5, 5.41) is 4.68. The van der Waals surface area contributed by atoms with E-state index in [9.17, 15) is 4.79 Å². The molecule has 2 aromatic carbocycles. The van der Waals surface area contributed by atoms with Gasteiger partial charge in [0.05, 0.1) is 21.3 Å². The minimum Gasteiger partial charge on any atom is -0.298 e. The third kappa shape index (κ3) is 4.87. The van der Waals surface area contributed by atoms with Crippen LogP contribution in [0.4, 0.5) is 5.13 Å². The van der Waals surface area contributed by atoms with Crippen molar-refractivity contribution in [2.24, 2.45) is 0 Å². The van der Waals surface area contributed by atoms with Crippen molar-refractivity contribution in [3.05, 3.63) is 79.2 Å². The number of nitrogens with zero attached hydrogens (tertiary/aromatic N) is 1. The molecule has 1 amide bonds. The average Bonchev–Trinajstić information content (AvgIpc) is 2.99. The van der Waals surface area contributed by atoms with E-state index in [-0.39, 0.29) is 16.9 Å². The Morgan fingerprint density at radius 2 is 1.64 bits per heavy atom. The molecule has 0 fully saturated rings. The van der Waals surface area contributed by atoms with Gasteiger partial charge in [0.15, 0.2) is 5.13 Å². The number of benzene rings is 2. The highest BCUT2D eigenvalue weighted by atomic mass is 35.5. The maximum absolute atomic E-state index is 12.7. The van der Waals surface area contributed by atoms with Crippen LogP contribution >= 0.6 is 46.1 Å². The van der Waals surface area contributed by atoms with Gasteiger partial charge < -0.3 is 0 Å². The number of amides is 1. The Hall–Kier alpha value is -1.59. The zero-order valence-electron chi connectivity index (χ0n) is 15.6. The summed E-state index contributed by atoms with van der Waals surface area (Å²) >= 11 is 19.7. The molecule has 0 aliphatic carbocycles. The number of hydrogen-bond donors (Lipinski definition) is 1. The van der Waals surface area contributed by atoms with Crippen molar-refractivity contribution in [2.45, 2.75) is 32.6 Å². The lowest BCUT2D eigenvalue weighted by Crippen LogP contribution is -2.16. The smallest absolute Gasteiger partial charge is 0.260 e. The Labute approximate surface area is 183 Å². The summed E-state index contributed by atoms with van der Waals surface area (Å²) in [7, 11) is 0. The normalized spacial score (nSPS) is 11.5. The van der Waals surface area contributed by atoms with Gasteiger partial charge in [0.25, 0.3) is 5.91 Å². The summed E-state index contributed by atoms with van der Waals surface area (Å²) < 4.78 is 0. The van der Waals surface area contributed by atoms with Gasteiger partial charge in [-0.1, -0.05) is 73.8 Å². The molecule has 0 aliphatic heterocycles. The first kappa shape index (κ1) is 21.1. The lowest BCUT2D eigenvalue weighted by atomic mass is 9.90. The minimum atomic E-state index is -0.372. The summed E-state index contributed by atoms with van der Waals surface area (Å²) in [6.07, 6.45) is 0.712. The van der Waals surface area contributed by atoms with E-state index in [1.807, 2.05) is 24.3 Å². The van der Waals surface area contributed by atoms with Crippen molar-refractivity contribution in [1.29, 1.82) is 0 Å². The zero-order chi connectivity index (χ0) is 20.5. The predicted octanol–water partition coefficient (Wildman–Crippen LogP) is 7.24. The topological polar surface area (TPSA) is 42.0 Å². The SMILES string of the molecule is CC(C)(C)c1nc(NC(=O)c2c(Cl)cccc2Cl)sc1Cc1ccc(Cl)cc1. The molecule has 0 unspecified atom stereocenters. The number of carbonyl (C=O) groups is 1. The van der Waals surface area contributed by atoms with Crippen LogP contribution in [0.1, 0.15) is 47.3 Å². The van der Waals surface area contributed by atoms with Crippen molar-refractivity contribution < 1.29 is 4.79 Å². The fourth-order valence-electron chi connectivity index (χ4n) is 2.77. The van der Waals surface area contributed by atoms with Crippen LogP contribution in [0.25, 0.3) is 0 Å². The van der Waals surface area contributed by atoms with Crippen molar-refractivity contribution in [3.8, 4) is 0 Å². The molecule has 146 valence electrons. The fraction of sp³-hybridized carbons (Fsp3) is 0.238. The fourth-order valence-corrected chi connectivity index (χ4v) is 4.67. The van der Waals surface area contributed by atoms with Crippen molar-refractivity contribution >= 4 is 57.2 Å². The summed E-state index contributed by atoms with van der Waals surface area (Å²) in [5.74, 6) is -0.372. The molecule has 0 atom stereocenters. The van der Waals surface area contributed by atoms with Gasteiger partial charge in [-0.25, -0.2) is 4.98 Å². The van der Waals surface area contributed by atoms with Gasteiger partial charge in [-0.05, 0) is 29.8 Å². The van der Waals surface area contributed by atoms with Gasteiger partial charge in [0, 0.05) is 21.7 Å². The monoisotopic (exact) mass is 452 g/mol. The van der Waals surface area contributed by atoms with E-state index in [4.69, 9.17) is 39.8 Å². The first-order valence-electron chi connectivity index (χ1n) is 8.65. The quantitative estimate of drug-likeness (QED) is 0.452. The maximum Gasteiger partial charge on any atom is 0.260 e. The van der Waals surface area contributed by atoms with Crippen LogP contribution in [-0.4, -0.2) is 10.9 Å². The van der Waals surface area contributed by atoms with Crippen molar-refractivity contribution in [2.75, 3.05) is 5.32 Å². The van der Waals surface area contributed by atoms with Gasteiger partial charge in [-0.15, -0.1) is 11.3 Å². The van der Waals surface area contributed by atoms with Crippen LogP contribution in [0.2, 0.25) is 15.1 Å². The van der Waals surface area contributed by atoms with Gasteiger partial charge in [-0.3, -0.25) is 10.1 Å². The third-order valence-electron chi connectivity index (χ3n) is 4.10.